The van der Waals surface area contributed by atoms with Gasteiger partial charge in [-0.25, -0.2) is 4.68 Å². The molecule has 4 aliphatic carbocycles. The first-order valence-corrected chi connectivity index (χ1v) is 14.4. The number of benzene rings is 2. The Morgan fingerprint density at radius 1 is 0.875 bits per heavy atom. The highest BCUT2D eigenvalue weighted by Crippen LogP contribution is 2.61. The second-order valence-corrected chi connectivity index (χ2v) is 11.9. The third kappa shape index (κ3) is 4.41. The van der Waals surface area contributed by atoms with Gasteiger partial charge in [0.25, 0.3) is 11.8 Å². The normalized spacial score (nSPS) is 24.7. The molecule has 0 spiro atoms. The lowest BCUT2D eigenvalue weighted by Crippen LogP contribution is -2.49. The molecular formula is C32H34N6O2. The van der Waals surface area contributed by atoms with Crippen LogP contribution in [-0.4, -0.2) is 31.4 Å². The summed E-state index contributed by atoms with van der Waals surface area (Å²) in [4.78, 5) is 26.7. The molecule has 2 amide bonds. The number of para-hydroxylation sites is 1. The van der Waals surface area contributed by atoms with Gasteiger partial charge >= 0.3 is 0 Å². The summed E-state index contributed by atoms with van der Waals surface area (Å²) < 4.78 is 3.52. The highest BCUT2D eigenvalue weighted by molar-refractivity contribution is 6.06. The van der Waals surface area contributed by atoms with Crippen LogP contribution >= 0.6 is 0 Å². The number of aromatic nitrogens is 4. The van der Waals surface area contributed by atoms with E-state index in [1.54, 1.807) is 23.0 Å². The van der Waals surface area contributed by atoms with E-state index in [-0.39, 0.29) is 17.2 Å². The Morgan fingerprint density at radius 2 is 1.52 bits per heavy atom. The fraction of sp³-hybridized carbons (Fsp3) is 0.375. The van der Waals surface area contributed by atoms with E-state index in [1.807, 2.05) is 66.3 Å². The Hall–Kier alpha value is -4.20. The van der Waals surface area contributed by atoms with Crippen molar-refractivity contribution in [2.24, 2.45) is 17.8 Å². The second kappa shape index (κ2) is 9.77. The maximum absolute atomic E-state index is 13.9. The number of carbonyl (C=O) groups excluding carboxylic acids is 2. The topological polar surface area (TPSA) is 93.8 Å². The third-order valence-electron chi connectivity index (χ3n) is 9.15. The Kier molecular flexibility index (Phi) is 6.06. The van der Waals surface area contributed by atoms with Crippen LogP contribution < -0.4 is 10.6 Å². The summed E-state index contributed by atoms with van der Waals surface area (Å²) >= 11 is 0. The molecule has 0 unspecified atom stereocenters. The van der Waals surface area contributed by atoms with E-state index in [2.05, 4.69) is 15.7 Å². The summed E-state index contributed by atoms with van der Waals surface area (Å²) in [5.74, 6) is 1.83. The van der Waals surface area contributed by atoms with Gasteiger partial charge in [0.15, 0.2) is 0 Å². The predicted molar refractivity (Wildman–Crippen MR) is 154 cm³/mol. The molecule has 2 aromatic heterocycles. The van der Waals surface area contributed by atoms with E-state index in [0.29, 0.717) is 29.2 Å². The van der Waals surface area contributed by atoms with Crippen LogP contribution in [-0.2, 0) is 12.0 Å². The van der Waals surface area contributed by atoms with Crippen molar-refractivity contribution in [3.05, 3.63) is 90.0 Å². The number of amides is 2. The highest BCUT2D eigenvalue weighted by Gasteiger charge is 2.54. The molecule has 4 saturated carbocycles. The molecular weight excluding hydrogens is 500 g/mol. The van der Waals surface area contributed by atoms with Gasteiger partial charge < -0.3 is 10.6 Å². The van der Waals surface area contributed by atoms with Crippen molar-refractivity contribution in [3.63, 3.8) is 0 Å². The van der Waals surface area contributed by atoms with Gasteiger partial charge in [-0.2, -0.15) is 10.2 Å². The molecule has 0 saturated heterocycles. The molecule has 4 bridgehead atoms. The summed E-state index contributed by atoms with van der Waals surface area (Å²) in [6.45, 7) is 2.55. The first kappa shape index (κ1) is 24.8. The van der Waals surface area contributed by atoms with Gasteiger partial charge in [-0.15, -0.1) is 0 Å². The molecule has 40 heavy (non-hydrogen) atoms. The van der Waals surface area contributed by atoms with Gasteiger partial charge in [0.1, 0.15) is 5.69 Å². The molecule has 8 rings (SSSR count). The molecule has 8 nitrogen and oxygen atoms in total. The number of hydrogen-bond acceptors (Lipinski definition) is 4. The number of rotatable bonds is 7. The summed E-state index contributed by atoms with van der Waals surface area (Å²) in [5.41, 5.74) is 4.23. The zero-order valence-electron chi connectivity index (χ0n) is 22.7. The van der Waals surface area contributed by atoms with Crippen LogP contribution in [0, 0.1) is 17.8 Å². The smallest absolute Gasteiger partial charge is 0.273 e. The van der Waals surface area contributed by atoms with Crippen LogP contribution in [0.2, 0.25) is 0 Å². The van der Waals surface area contributed by atoms with Gasteiger partial charge in [0.05, 0.1) is 16.9 Å². The summed E-state index contributed by atoms with van der Waals surface area (Å²) in [5, 5.41) is 15.3. The molecule has 0 radical (unpaired) electrons. The minimum Gasteiger partial charge on any atom is -0.322 e. The van der Waals surface area contributed by atoms with Gasteiger partial charge in [-0.05, 0) is 99.6 Å². The van der Waals surface area contributed by atoms with Crippen LogP contribution in [0.5, 0.6) is 0 Å². The molecule has 8 heteroatoms. The van der Waals surface area contributed by atoms with E-state index in [9.17, 15) is 9.59 Å². The molecule has 204 valence electrons. The second-order valence-electron chi connectivity index (χ2n) is 11.9. The highest BCUT2D eigenvalue weighted by atomic mass is 16.2. The molecule has 4 aliphatic rings. The van der Waals surface area contributed by atoms with E-state index < -0.39 is 0 Å². The number of anilines is 2. The van der Waals surface area contributed by atoms with Gasteiger partial charge in [0, 0.05) is 35.7 Å². The van der Waals surface area contributed by atoms with E-state index in [4.69, 9.17) is 5.10 Å². The summed E-state index contributed by atoms with van der Waals surface area (Å²) in [6.07, 6.45) is 10.9. The van der Waals surface area contributed by atoms with Crippen molar-refractivity contribution in [2.45, 2.75) is 57.4 Å². The fourth-order valence-electron chi connectivity index (χ4n) is 7.89. The zero-order valence-corrected chi connectivity index (χ0v) is 22.7. The molecule has 2 aromatic carbocycles. The Morgan fingerprint density at radius 3 is 2.17 bits per heavy atom. The number of hydrogen-bond donors (Lipinski definition) is 2. The van der Waals surface area contributed by atoms with Crippen LogP contribution in [0.4, 0.5) is 11.4 Å². The van der Waals surface area contributed by atoms with Crippen molar-refractivity contribution >= 4 is 23.2 Å². The van der Waals surface area contributed by atoms with Crippen molar-refractivity contribution in [3.8, 4) is 5.69 Å². The largest absolute Gasteiger partial charge is 0.322 e. The lowest BCUT2D eigenvalue weighted by atomic mass is 9.48. The van der Waals surface area contributed by atoms with E-state index >= 15 is 0 Å². The molecule has 4 fully saturated rings. The van der Waals surface area contributed by atoms with Gasteiger partial charge in [-0.3, -0.25) is 14.3 Å². The molecule has 2 heterocycles. The van der Waals surface area contributed by atoms with Crippen LogP contribution in [0.25, 0.3) is 5.69 Å². The van der Waals surface area contributed by atoms with Crippen LogP contribution in [0.3, 0.4) is 0 Å². The molecule has 2 N–H and O–H groups in total. The standard InChI is InChI=1S/C32H34N6O2/c1-2-37-28(11-12-33-37)31(40)35-25-8-6-7-24(16-25)34-30(39)27-20-38(26-9-4-3-5-10-26)36-29(27)32-17-21-13-22(18-32)15-23(14-21)19-32/h3-12,16,20-23H,2,13-15,17-19H2,1H3,(H,34,39)(H,35,40). The van der Waals surface area contributed by atoms with Crippen LogP contribution in [0.1, 0.15) is 72.0 Å². The molecule has 0 aliphatic heterocycles. The lowest BCUT2D eigenvalue weighted by molar-refractivity contribution is -0.00765. The fourth-order valence-corrected chi connectivity index (χ4v) is 7.89. The zero-order chi connectivity index (χ0) is 27.3. The number of carbonyl (C=O) groups is 2. The SMILES string of the molecule is CCn1nccc1C(=O)Nc1cccc(NC(=O)c2cn(-c3ccccc3)nc2C23CC4CC(CC(C4)C2)C3)c1. The summed E-state index contributed by atoms with van der Waals surface area (Å²) in [7, 11) is 0. The number of nitrogens with one attached hydrogen (secondary N) is 2. The van der Waals surface area contributed by atoms with Gasteiger partial charge in [0.2, 0.25) is 0 Å². The molecule has 4 aromatic rings. The van der Waals surface area contributed by atoms with Gasteiger partial charge in [-0.1, -0.05) is 24.3 Å². The van der Waals surface area contributed by atoms with E-state index in [0.717, 1.165) is 48.4 Å². The summed E-state index contributed by atoms with van der Waals surface area (Å²) in [6, 6.07) is 19.0. The van der Waals surface area contributed by atoms with Crippen molar-refractivity contribution in [1.29, 1.82) is 0 Å². The van der Waals surface area contributed by atoms with Crippen molar-refractivity contribution in [2.75, 3.05) is 10.6 Å². The minimum atomic E-state index is -0.240. The number of nitrogens with zero attached hydrogens (tertiary/aromatic N) is 4. The maximum Gasteiger partial charge on any atom is 0.273 e. The Balaban J connectivity index is 1.18. The maximum atomic E-state index is 13.9. The average molecular weight is 535 g/mol. The number of aryl methyl sites for hydroxylation is 1. The van der Waals surface area contributed by atoms with E-state index in [1.165, 1.54) is 19.3 Å². The lowest BCUT2D eigenvalue weighted by Gasteiger charge is -2.56. The minimum absolute atomic E-state index is 0.0283. The molecule has 0 atom stereocenters. The van der Waals surface area contributed by atoms with Crippen molar-refractivity contribution in [1.82, 2.24) is 19.6 Å². The first-order chi connectivity index (χ1) is 19.5. The third-order valence-corrected chi connectivity index (χ3v) is 9.15. The average Bonchev–Trinajstić information content (AvgIpc) is 3.61. The van der Waals surface area contributed by atoms with Crippen LogP contribution in [0.15, 0.2) is 73.1 Å². The first-order valence-electron chi connectivity index (χ1n) is 14.4. The monoisotopic (exact) mass is 534 g/mol. The Labute approximate surface area is 233 Å². The predicted octanol–water partition coefficient (Wildman–Crippen LogP) is 6.06. The van der Waals surface area contributed by atoms with Crippen molar-refractivity contribution < 1.29 is 9.59 Å². The Bertz CT molecular complexity index is 1530. The quantitative estimate of drug-likeness (QED) is 0.301.